The van der Waals surface area contributed by atoms with E-state index in [-0.39, 0.29) is 6.10 Å². The maximum absolute atomic E-state index is 10.2. The summed E-state index contributed by atoms with van der Waals surface area (Å²) in [4.78, 5) is 10.2. The average molecular weight is 156 g/mol. The highest BCUT2D eigenvalue weighted by Crippen LogP contribution is 2.04. The Morgan fingerprint density at radius 2 is 2.27 bits per heavy atom. The Kier molecular flexibility index (Phi) is 5.75. The second-order valence-electron chi connectivity index (χ2n) is 2.57. The van der Waals surface area contributed by atoms with E-state index in [0.717, 1.165) is 24.7 Å². The summed E-state index contributed by atoms with van der Waals surface area (Å²) in [6.45, 7) is 3.87. The summed E-state index contributed by atoms with van der Waals surface area (Å²) in [6.07, 6.45) is 4.84. The first-order valence-corrected chi connectivity index (χ1v) is 3.89. The van der Waals surface area contributed by atoms with Crippen molar-refractivity contribution < 1.29 is 9.53 Å². The maximum Gasteiger partial charge on any atom is 0.145 e. The number of ether oxygens (including phenoxy) is 1. The van der Waals surface area contributed by atoms with Gasteiger partial charge in [-0.1, -0.05) is 13.0 Å². The van der Waals surface area contributed by atoms with Crippen molar-refractivity contribution in [1.29, 1.82) is 0 Å². The van der Waals surface area contributed by atoms with Crippen molar-refractivity contribution in [2.45, 2.75) is 32.8 Å². The highest BCUT2D eigenvalue weighted by molar-refractivity contribution is 5.71. The molecule has 0 aromatic heterocycles. The first kappa shape index (κ1) is 10.4. The van der Waals surface area contributed by atoms with Gasteiger partial charge in [-0.25, -0.2) is 0 Å². The van der Waals surface area contributed by atoms with Crippen molar-refractivity contribution in [3.63, 3.8) is 0 Å². The molecule has 2 heteroatoms. The van der Waals surface area contributed by atoms with Gasteiger partial charge in [0.15, 0.2) is 0 Å². The Bertz CT molecular complexity index is 134. The summed E-state index contributed by atoms with van der Waals surface area (Å²) >= 11 is 0. The van der Waals surface area contributed by atoms with Crippen molar-refractivity contribution in [3.8, 4) is 0 Å². The van der Waals surface area contributed by atoms with Crippen molar-refractivity contribution in [2.24, 2.45) is 0 Å². The third kappa shape index (κ3) is 4.73. The molecule has 11 heavy (non-hydrogen) atoms. The lowest BCUT2D eigenvalue weighted by Crippen LogP contribution is -2.07. The molecule has 0 saturated heterocycles. The van der Waals surface area contributed by atoms with Gasteiger partial charge in [0.25, 0.3) is 0 Å². The van der Waals surface area contributed by atoms with E-state index in [9.17, 15) is 4.79 Å². The minimum atomic E-state index is 0.255. The third-order valence-corrected chi connectivity index (χ3v) is 1.68. The largest absolute Gasteiger partial charge is 0.381 e. The van der Waals surface area contributed by atoms with Gasteiger partial charge < -0.3 is 4.74 Å². The Balaban J connectivity index is 3.73. The predicted octanol–water partition coefficient (Wildman–Crippen LogP) is 1.95. The normalized spacial score (nSPS) is 14.6. The summed E-state index contributed by atoms with van der Waals surface area (Å²) in [6, 6.07) is 0. The fourth-order valence-electron chi connectivity index (χ4n) is 0.795. The lowest BCUT2D eigenvalue weighted by molar-refractivity contribution is -0.104. The maximum atomic E-state index is 10.2. The SMILES string of the molecule is CCC(C/C=C(\C)C=O)OC. The second-order valence-corrected chi connectivity index (χ2v) is 2.57. The zero-order valence-corrected chi connectivity index (χ0v) is 7.46. The molecule has 0 bridgehead atoms. The Hall–Kier alpha value is -0.630. The monoisotopic (exact) mass is 156 g/mol. The van der Waals surface area contributed by atoms with Gasteiger partial charge in [0.1, 0.15) is 6.29 Å². The van der Waals surface area contributed by atoms with E-state index in [1.165, 1.54) is 0 Å². The van der Waals surface area contributed by atoms with Gasteiger partial charge in [0.2, 0.25) is 0 Å². The molecule has 0 radical (unpaired) electrons. The van der Waals surface area contributed by atoms with E-state index in [2.05, 4.69) is 6.92 Å². The van der Waals surface area contributed by atoms with Gasteiger partial charge in [0, 0.05) is 7.11 Å². The van der Waals surface area contributed by atoms with E-state index in [4.69, 9.17) is 4.74 Å². The van der Waals surface area contributed by atoms with Crippen LogP contribution in [-0.2, 0) is 9.53 Å². The molecule has 64 valence electrons. The highest BCUT2D eigenvalue weighted by Gasteiger charge is 2.00. The Morgan fingerprint density at radius 3 is 2.64 bits per heavy atom. The zero-order valence-electron chi connectivity index (χ0n) is 7.46. The van der Waals surface area contributed by atoms with Gasteiger partial charge in [0.05, 0.1) is 6.10 Å². The van der Waals surface area contributed by atoms with Crippen LogP contribution in [0.4, 0.5) is 0 Å². The van der Waals surface area contributed by atoms with Gasteiger partial charge >= 0.3 is 0 Å². The van der Waals surface area contributed by atoms with E-state index in [1.807, 2.05) is 6.08 Å². The van der Waals surface area contributed by atoms with E-state index in [0.29, 0.717) is 0 Å². The van der Waals surface area contributed by atoms with Crippen molar-refractivity contribution in [2.75, 3.05) is 7.11 Å². The fourth-order valence-corrected chi connectivity index (χ4v) is 0.795. The van der Waals surface area contributed by atoms with Gasteiger partial charge in [-0.2, -0.15) is 0 Å². The molecule has 0 aliphatic rings. The number of aldehydes is 1. The zero-order chi connectivity index (χ0) is 8.69. The number of allylic oxidation sites excluding steroid dienone is 1. The molecule has 0 heterocycles. The van der Waals surface area contributed by atoms with Crippen LogP contribution in [0, 0.1) is 0 Å². The molecule has 0 N–H and O–H groups in total. The summed E-state index contributed by atoms with van der Waals surface area (Å²) in [7, 11) is 1.69. The highest BCUT2D eigenvalue weighted by atomic mass is 16.5. The smallest absolute Gasteiger partial charge is 0.145 e. The molecule has 0 aromatic rings. The summed E-state index contributed by atoms with van der Waals surface area (Å²) in [5.74, 6) is 0. The molecule has 0 saturated carbocycles. The van der Waals surface area contributed by atoms with Gasteiger partial charge in [-0.3, -0.25) is 4.79 Å². The van der Waals surface area contributed by atoms with Crippen LogP contribution in [0.2, 0.25) is 0 Å². The average Bonchev–Trinajstić information content (AvgIpc) is 2.06. The van der Waals surface area contributed by atoms with Gasteiger partial charge in [-0.15, -0.1) is 0 Å². The summed E-state index contributed by atoms with van der Waals surface area (Å²) in [5, 5.41) is 0. The van der Waals surface area contributed by atoms with Gasteiger partial charge in [-0.05, 0) is 25.3 Å². The molecule has 1 unspecified atom stereocenters. The minimum Gasteiger partial charge on any atom is -0.381 e. The lowest BCUT2D eigenvalue weighted by Gasteiger charge is -2.09. The first-order valence-electron chi connectivity index (χ1n) is 3.89. The number of methoxy groups -OCH3 is 1. The molecular formula is C9H16O2. The van der Waals surface area contributed by atoms with E-state index >= 15 is 0 Å². The van der Waals surface area contributed by atoms with Crippen LogP contribution in [0.25, 0.3) is 0 Å². The quantitative estimate of drug-likeness (QED) is 0.449. The molecule has 0 aliphatic heterocycles. The Labute approximate surface area is 68.2 Å². The van der Waals surface area contributed by atoms with Crippen molar-refractivity contribution in [1.82, 2.24) is 0 Å². The van der Waals surface area contributed by atoms with Crippen molar-refractivity contribution >= 4 is 6.29 Å². The lowest BCUT2D eigenvalue weighted by atomic mass is 10.1. The molecule has 0 rings (SSSR count). The molecule has 0 aliphatic carbocycles. The molecule has 0 aromatic carbocycles. The minimum absolute atomic E-state index is 0.255. The van der Waals surface area contributed by atoms with Crippen LogP contribution in [0.3, 0.4) is 0 Å². The molecule has 2 nitrogen and oxygen atoms in total. The summed E-state index contributed by atoms with van der Waals surface area (Å²) in [5.41, 5.74) is 0.778. The number of hydrogen-bond donors (Lipinski definition) is 0. The number of rotatable bonds is 5. The van der Waals surface area contributed by atoms with Crippen LogP contribution >= 0.6 is 0 Å². The number of hydrogen-bond acceptors (Lipinski definition) is 2. The predicted molar refractivity (Wildman–Crippen MR) is 45.5 cm³/mol. The van der Waals surface area contributed by atoms with Crippen LogP contribution in [0.5, 0.6) is 0 Å². The third-order valence-electron chi connectivity index (χ3n) is 1.68. The molecule has 0 fully saturated rings. The number of carbonyl (C=O) groups excluding carboxylic acids is 1. The molecule has 0 amide bonds. The number of carbonyl (C=O) groups is 1. The Morgan fingerprint density at radius 1 is 1.64 bits per heavy atom. The fraction of sp³-hybridized carbons (Fsp3) is 0.667. The van der Waals surface area contributed by atoms with Crippen LogP contribution in [-0.4, -0.2) is 19.5 Å². The van der Waals surface area contributed by atoms with Crippen LogP contribution in [0.1, 0.15) is 26.7 Å². The first-order chi connectivity index (χ1) is 5.24. The molecule has 0 spiro atoms. The second kappa shape index (κ2) is 6.10. The van der Waals surface area contributed by atoms with E-state index < -0.39 is 0 Å². The van der Waals surface area contributed by atoms with E-state index in [1.54, 1.807) is 14.0 Å². The molecular weight excluding hydrogens is 140 g/mol. The van der Waals surface area contributed by atoms with Crippen LogP contribution < -0.4 is 0 Å². The van der Waals surface area contributed by atoms with Crippen molar-refractivity contribution in [3.05, 3.63) is 11.6 Å². The topological polar surface area (TPSA) is 26.3 Å². The van der Waals surface area contributed by atoms with Crippen LogP contribution in [0.15, 0.2) is 11.6 Å². The molecule has 1 atom stereocenters. The summed E-state index contributed by atoms with van der Waals surface area (Å²) < 4.78 is 5.13. The standard InChI is InChI=1S/C9H16O2/c1-4-9(11-3)6-5-8(2)7-10/h5,7,9H,4,6H2,1-3H3/b8-5+.